The molecule has 1 aliphatic heterocycles. The number of furan rings is 1. The molecule has 0 atom stereocenters. The van der Waals surface area contributed by atoms with Gasteiger partial charge in [-0.2, -0.15) is 0 Å². The average molecular weight is 586 g/mol. The molecular weight excluding hydrogens is 560 g/mol. The number of halogens is 2. The Morgan fingerprint density at radius 1 is 0.881 bits per heavy atom. The number of aliphatic imine (C=N–C) groups is 1. The largest absolute Gasteiger partial charge is 0.455 e. The monoisotopic (exact) mass is 585 g/mol. The van der Waals surface area contributed by atoms with Crippen LogP contribution in [-0.4, -0.2) is 40.4 Å². The smallest absolute Gasteiger partial charge is 0.255 e. The van der Waals surface area contributed by atoms with Crippen LogP contribution in [0.25, 0.3) is 33.4 Å². The Kier molecular flexibility index (Phi) is 6.65. The van der Waals surface area contributed by atoms with Gasteiger partial charge >= 0.3 is 0 Å². The first-order valence-corrected chi connectivity index (χ1v) is 14.9. The van der Waals surface area contributed by atoms with Gasteiger partial charge in [0.25, 0.3) is 5.91 Å². The Labute approximate surface area is 241 Å². The third-order valence-electron chi connectivity index (χ3n) is 7.40. The maximum Gasteiger partial charge on any atom is 0.255 e. The van der Waals surface area contributed by atoms with Crippen molar-refractivity contribution < 1.29 is 26.4 Å². The molecule has 5 aromatic rings. The molecule has 0 spiro atoms. The average Bonchev–Trinajstić information content (AvgIpc) is 3.57. The summed E-state index contributed by atoms with van der Waals surface area (Å²) in [4.78, 5) is 17.8. The Balaban J connectivity index is 1.60. The maximum atomic E-state index is 13.7. The van der Waals surface area contributed by atoms with Crippen molar-refractivity contribution in [1.29, 1.82) is 0 Å². The number of rotatable bonds is 6. The minimum absolute atomic E-state index is 0.231. The Morgan fingerprint density at radius 3 is 2.12 bits per heavy atom. The van der Waals surface area contributed by atoms with E-state index in [9.17, 15) is 22.0 Å². The molecule has 212 valence electrons. The first-order valence-electron chi connectivity index (χ1n) is 13.0. The first-order chi connectivity index (χ1) is 20.0. The highest BCUT2D eigenvalue weighted by Crippen LogP contribution is 2.42. The highest BCUT2D eigenvalue weighted by atomic mass is 32.2. The lowest BCUT2D eigenvalue weighted by Crippen LogP contribution is -2.25. The van der Waals surface area contributed by atoms with Crippen molar-refractivity contribution in [3.05, 3.63) is 113 Å². The molecule has 2 heterocycles. The zero-order valence-electron chi connectivity index (χ0n) is 22.9. The molecule has 0 radical (unpaired) electrons. The van der Waals surface area contributed by atoms with Gasteiger partial charge in [-0.1, -0.05) is 12.1 Å². The van der Waals surface area contributed by atoms with Crippen molar-refractivity contribution in [2.24, 2.45) is 4.99 Å². The highest BCUT2D eigenvalue weighted by Gasteiger charge is 2.27. The van der Waals surface area contributed by atoms with Crippen LogP contribution in [0.3, 0.4) is 0 Å². The number of fused-ring (bicyclic) bond motifs is 2. The Hall–Kier alpha value is -4.83. The van der Waals surface area contributed by atoms with Crippen LogP contribution in [0.15, 0.2) is 88.3 Å². The molecule has 0 saturated carbocycles. The van der Waals surface area contributed by atoms with Gasteiger partial charge in [0.2, 0.25) is 10.0 Å². The highest BCUT2D eigenvalue weighted by molar-refractivity contribution is 7.92. The van der Waals surface area contributed by atoms with E-state index in [4.69, 9.17) is 4.42 Å². The number of anilines is 1. The number of amides is 1. The summed E-state index contributed by atoms with van der Waals surface area (Å²) >= 11 is 0. The van der Waals surface area contributed by atoms with Gasteiger partial charge in [-0.05, 0) is 71.8 Å². The number of nitrogens with zero attached hydrogens (tertiary/aromatic N) is 2. The van der Waals surface area contributed by atoms with Gasteiger partial charge in [0.05, 0.1) is 29.8 Å². The molecule has 0 saturated heterocycles. The molecule has 1 aromatic heterocycles. The second-order valence-corrected chi connectivity index (χ2v) is 12.0. The third kappa shape index (κ3) is 4.73. The first kappa shape index (κ1) is 27.3. The quantitative estimate of drug-likeness (QED) is 0.259. The summed E-state index contributed by atoms with van der Waals surface area (Å²) in [6, 6.07) is 20.7. The van der Waals surface area contributed by atoms with Gasteiger partial charge in [-0.25, -0.2) is 17.2 Å². The van der Waals surface area contributed by atoms with E-state index in [-0.39, 0.29) is 22.7 Å². The van der Waals surface area contributed by atoms with Crippen molar-refractivity contribution in [2.45, 2.75) is 6.54 Å². The molecule has 0 unspecified atom stereocenters. The van der Waals surface area contributed by atoms with E-state index < -0.39 is 21.7 Å². The summed E-state index contributed by atoms with van der Waals surface area (Å²) in [5, 5.41) is 3.10. The van der Waals surface area contributed by atoms with Crippen LogP contribution in [0, 0.1) is 11.6 Å². The SMILES string of the molecule is CNC(=O)c1c(-c2ccc(F)cc2)oc2cc(N(C)S(C)(=O)=O)c(-c3ccc4c(c3)C(c3ccc(F)cc3)=NC4)cc12. The minimum Gasteiger partial charge on any atom is -0.455 e. The standard InChI is InChI=1S/C32H25F2N3O4S/c1-35-32(38)29-26-15-24(20-4-5-21-17-36-30(25(21)14-20)18-6-10-22(33)11-7-18)27(37(2)42(3,39)40)16-28(26)41-31(29)19-8-12-23(34)13-9-19/h4-16H,17H2,1-3H3,(H,35,38). The minimum atomic E-state index is -3.69. The van der Waals surface area contributed by atoms with Crippen molar-refractivity contribution >= 4 is 38.3 Å². The van der Waals surface area contributed by atoms with E-state index in [1.807, 2.05) is 18.2 Å². The Bertz CT molecular complexity index is 2020. The van der Waals surface area contributed by atoms with Gasteiger partial charge in [0, 0.05) is 47.8 Å². The van der Waals surface area contributed by atoms with Crippen LogP contribution in [0.5, 0.6) is 0 Å². The zero-order chi connectivity index (χ0) is 29.8. The number of hydrogen-bond acceptors (Lipinski definition) is 5. The van der Waals surface area contributed by atoms with E-state index in [0.29, 0.717) is 40.0 Å². The van der Waals surface area contributed by atoms with Crippen molar-refractivity contribution in [1.82, 2.24) is 5.32 Å². The van der Waals surface area contributed by atoms with Crippen molar-refractivity contribution in [3.8, 4) is 22.5 Å². The number of hydrogen-bond donors (Lipinski definition) is 1. The van der Waals surface area contributed by atoms with Crippen LogP contribution < -0.4 is 9.62 Å². The molecular formula is C32H25F2N3O4S. The van der Waals surface area contributed by atoms with Crippen molar-refractivity contribution in [3.63, 3.8) is 0 Å². The molecule has 6 rings (SSSR count). The number of carbonyl (C=O) groups is 1. The molecule has 0 aliphatic carbocycles. The number of nitrogens with one attached hydrogen (secondary N) is 1. The van der Waals surface area contributed by atoms with Gasteiger partial charge in [0.15, 0.2) is 0 Å². The van der Waals surface area contributed by atoms with E-state index >= 15 is 0 Å². The van der Waals surface area contributed by atoms with Crippen LogP contribution in [0.4, 0.5) is 14.5 Å². The lowest BCUT2D eigenvalue weighted by Gasteiger charge is -2.21. The number of benzene rings is 4. The second-order valence-electron chi connectivity index (χ2n) is 10.0. The molecule has 0 bridgehead atoms. The summed E-state index contributed by atoms with van der Waals surface area (Å²) in [6.07, 6.45) is 1.10. The predicted octanol–water partition coefficient (Wildman–Crippen LogP) is 6.15. The fourth-order valence-electron chi connectivity index (χ4n) is 5.16. The van der Waals surface area contributed by atoms with Crippen LogP contribution >= 0.6 is 0 Å². The van der Waals surface area contributed by atoms with Gasteiger partial charge in [0.1, 0.15) is 23.0 Å². The normalized spacial score (nSPS) is 12.7. The number of carbonyl (C=O) groups excluding carboxylic acids is 1. The molecule has 10 heteroatoms. The molecule has 1 N–H and O–H groups in total. The summed E-state index contributed by atoms with van der Waals surface area (Å²) in [5.41, 5.74) is 5.87. The molecule has 1 amide bonds. The molecule has 7 nitrogen and oxygen atoms in total. The second kappa shape index (κ2) is 10.2. The van der Waals surface area contributed by atoms with Gasteiger partial charge in [-0.15, -0.1) is 0 Å². The molecule has 42 heavy (non-hydrogen) atoms. The molecule has 1 aliphatic rings. The summed E-state index contributed by atoms with van der Waals surface area (Å²) in [5.74, 6) is -0.965. The number of sulfonamides is 1. The summed E-state index contributed by atoms with van der Waals surface area (Å²) < 4.78 is 60.0. The fourth-order valence-corrected chi connectivity index (χ4v) is 5.67. The van der Waals surface area contributed by atoms with E-state index in [2.05, 4.69) is 10.3 Å². The zero-order valence-corrected chi connectivity index (χ0v) is 23.7. The van der Waals surface area contributed by atoms with Crippen LogP contribution in [-0.2, 0) is 16.6 Å². The lowest BCUT2D eigenvalue weighted by atomic mass is 9.93. The van der Waals surface area contributed by atoms with Gasteiger partial charge < -0.3 is 9.73 Å². The van der Waals surface area contributed by atoms with Crippen LogP contribution in [0.1, 0.15) is 27.0 Å². The summed E-state index contributed by atoms with van der Waals surface area (Å²) in [7, 11) is -0.748. The molecule has 0 fully saturated rings. The van der Waals surface area contributed by atoms with Gasteiger partial charge in [-0.3, -0.25) is 14.1 Å². The third-order valence-corrected chi connectivity index (χ3v) is 8.60. The predicted molar refractivity (Wildman–Crippen MR) is 159 cm³/mol. The van der Waals surface area contributed by atoms with E-state index in [1.54, 1.807) is 24.3 Å². The van der Waals surface area contributed by atoms with Crippen molar-refractivity contribution in [2.75, 3.05) is 24.7 Å². The lowest BCUT2D eigenvalue weighted by molar-refractivity contribution is 0.0964. The van der Waals surface area contributed by atoms with E-state index in [0.717, 1.165) is 27.3 Å². The molecule has 4 aromatic carbocycles. The summed E-state index contributed by atoms with van der Waals surface area (Å²) in [6.45, 7) is 0.459. The van der Waals surface area contributed by atoms with E-state index in [1.165, 1.54) is 50.5 Å². The topological polar surface area (TPSA) is 92.0 Å². The maximum absolute atomic E-state index is 13.7. The fraction of sp³-hybridized carbons (Fsp3) is 0.125. The Morgan fingerprint density at radius 2 is 1.50 bits per heavy atom. The van der Waals surface area contributed by atoms with Crippen LogP contribution in [0.2, 0.25) is 0 Å².